The number of benzene rings is 6. The van der Waals surface area contributed by atoms with Crippen LogP contribution in [-0.2, 0) is 52.6 Å². The SMILES string of the molecule is CC(=O)C(c1c(C)cc(C)c2c1ccn2S(=O)(=O)c1ccc(C)cc1)c1nc2cc(C#N)ccc2n1COCC[Si](C)(C)C.CC(=O)C(c1c(C)cc(C)c2c1ccn2S(=O)(=O)c1ccc(C)cc1)c1nc2ccc(C#N)cc2n1COCC[Si](C)(C)C. The van der Waals surface area contributed by atoms with E-state index in [1.807, 2.05) is 68.9 Å². The molecule has 88 heavy (non-hydrogen) atoms. The molecule has 2 atom stereocenters. The second kappa shape index (κ2) is 25.2. The number of hydrogen-bond acceptors (Lipinski definition) is 12. The molecule has 4 aromatic heterocycles. The quantitative estimate of drug-likeness (QED) is 0.0515. The number of ether oxygens (including phenoxy) is 2. The van der Waals surface area contributed by atoms with E-state index in [4.69, 9.17) is 19.4 Å². The minimum atomic E-state index is -3.90. The number of nitrogens with zero attached hydrogens (tertiary/aromatic N) is 8. The third kappa shape index (κ3) is 13.1. The highest BCUT2D eigenvalue weighted by molar-refractivity contribution is 7.90. The molecule has 0 amide bonds. The molecular weight excluding hydrogens is 1180 g/mol. The number of ketones is 2. The van der Waals surface area contributed by atoms with Crippen LogP contribution < -0.4 is 0 Å². The zero-order valence-corrected chi connectivity index (χ0v) is 56.2. The fourth-order valence-corrected chi connectivity index (χ4v) is 15.8. The molecule has 20 heteroatoms. The van der Waals surface area contributed by atoms with Gasteiger partial charge in [0.05, 0.1) is 66.2 Å². The van der Waals surface area contributed by atoms with Crippen molar-refractivity contribution in [2.45, 2.75) is 142 Å². The van der Waals surface area contributed by atoms with Crippen LogP contribution in [0.1, 0.15) is 93.0 Å². The topological polar surface area (TPSA) is 214 Å². The van der Waals surface area contributed by atoms with E-state index in [0.29, 0.717) is 85.5 Å². The van der Waals surface area contributed by atoms with Crippen LogP contribution in [0.15, 0.2) is 131 Å². The Balaban J connectivity index is 0.000000209. The van der Waals surface area contributed by atoms with E-state index in [-0.39, 0.29) is 34.8 Å². The van der Waals surface area contributed by atoms with Crippen molar-refractivity contribution in [2.75, 3.05) is 13.2 Å². The molecule has 0 aliphatic rings. The van der Waals surface area contributed by atoms with Gasteiger partial charge >= 0.3 is 0 Å². The molecule has 0 saturated heterocycles. The maximum Gasteiger partial charge on any atom is 0.268 e. The zero-order chi connectivity index (χ0) is 63.9. The van der Waals surface area contributed by atoms with Gasteiger partial charge in [-0.1, -0.05) is 86.8 Å². The van der Waals surface area contributed by atoms with Crippen LogP contribution in [-0.4, -0.2) is 84.8 Å². The van der Waals surface area contributed by atoms with Gasteiger partial charge in [-0.25, -0.2) is 34.7 Å². The van der Waals surface area contributed by atoms with Crippen LogP contribution in [0.25, 0.3) is 43.9 Å². The first-order valence-electron chi connectivity index (χ1n) is 29.3. The third-order valence-corrected chi connectivity index (χ3v) is 22.8. The number of aryl methyl sites for hydroxylation is 6. The first-order valence-corrected chi connectivity index (χ1v) is 39.6. The van der Waals surface area contributed by atoms with Gasteiger partial charge in [-0.05, 0) is 174 Å². The Morgan fingerprint density at radius 3 is 1.32 bits per heavy atom. The van der Waals surface area contributed by atoms with Gasteiger partial charge in [0, 0.05) is 52.5 Å². The second-order valence-electron chi connectivity index (χ2n) is 25.4. The lowest BCUT2D eigenvalue weighted by Crippen LogP contribution is -2.23. The lowest BCUT2D eigenvalue weighted by atomic mass is 9.87. The second-order valence-corrected chi connectivity index (χ2v) is 40.3. The number of nitriles is 2. The Morgan fingerprint density at radius 2 is 0.909 bits per heavy atom. The molecule has 2 unspecified atom stereocenters. The first kappa shape index (κ1) is 64.4. The summed E-state index contributed by atoms with van der Waals surface area (Å²) in [6.45, 7) is 29.8. The van der Waals surface area contributed by atoms with Crippen LogP contribution in [0, 0.1) is 64.2 Å². The van der Waals surface area contributed by atoms with Crippen molar-refractivity contribution in [2.24, 2.45) is 0 Å². The molecule has 16 nitrogen and oxygen atoms in total. The van der Waals surface area contributed by atoms with E-state index >= 15 is 0 Å². The largest absolute Gasteiger partial charge is 0.361 e. The van der Waals surface area contributed by atoms with Gasteiger partial charge in [-0.3, -0.25) is 9.59 Å². The summed E-state index contributed by atoms with van der Waals surface area (Å²) in [6.07, 6.45) is 3.13. The number of Topliss-reactive ketones (excluding diaryl/α,β-unsaturated/α-hetero) is 2. The summed E-state index contributed by atoms with van der Waals surface area (Å²) in [7, 11) is -10.5. The fourth-order valence-electron chi connectivity index (χ4n) is 11.5. The number of imidazole rings is 2. The molecule has 0 aliphatic heterocycles. The fraction of sp³-hybridized carbons (Fsp3) is 0.324. The highest BCUT2D eigenvalue weighted by atomic mass is 32.2. The summed E-state index contributed by atoms with van der Waals surface area (Å²) in [5.74, 6) is -0.863. The molecule has 0 bridgehead atoms. The molecule has 4 heterocycles. The lowest BCUT2D eigenvalue weighted by molar-refractivity contribution is -0.118. The van der Waals surface area contributed by atoms with Crippen molar-refractivity contribution in [1.29, 1.82) is 10.5 Å². The van der Waals surface area contributed by atoms with Gasteiger partial charge in [0.2, 0.25) is 0 Å². The molecule has 10 rings (SSSR count). The summed E-state index contributed by atoms with van der Waals surface area (Å²) in [5.41, 5.74) is 11.4. The van der Waals surface area contributed by atoms with Crippen molar-refractivity contribution in [1.82, 2.24) is 27.0 Å². The van der Waals surface area contributed by atoms with Crippen LogP contribution >= 0.6 is 0 Å². The van der Waals surface area contributed by atoms with Crippen LogP contribution in [0.2, 0.25) is 51.4 Å². The molecule has 0 fully saturated rings. The summed E-state index contributed by atoms with van der Waals surface area (Å²) < 4.78 is 74.1. The van der Waals surface area contributed by atoms with E-state index < -0.39 is 48.0 Å². The van der Waals surface area contributed by atoms with Gasteiger partial charge in [-0.2, -0.15) is 10.5 Å². The van der Waals surface area contributed by atoms with Crippen molar-refractivity contribution in [3.8, 4) is 12.1 Å². The maximum absolute atomic E-state index is 13.8. The van der Waals surface area contributed by atoms with Gasteiger partial charge < -0.3 is 18.6 Å². The molecule has 0 radical (unpaired) electrons. The van der Waals surface area contributed by atoms with E-state index in [1.165, 1.54) is 21.8 Å². The van der Waals surface area contributed by atoms with Crippen molar-refractivity contribution >= 4 is 91.6 Å². The number of aromatic nitrogens is 6. The number of carbonyl (C=O) groups excluding carboxylic acids is 2. The highest BCUT2D eigenvalue weighted by Crippen LogP contribution is 2.41. The number of carbonyl (C=O) groups is 2. The lowest BCUT2D eigenvalue weighted by Gasteiger charge is -2.21. The normalized spacial score (nSPS) is 13.0. The highest BCUT2D eigenvalue weighted by Gasteiger charge is 2.34. The average Bonchev–Trinajstić information content (AvgIpc) is 1.55. The van der Waals surface area contributed by atoms with E-state index in [1.54, 1.807) is 103 Å². The van der Waals surface area contributed by atoms with Gasteiger partial charge in [-0.15, -0.1) is 0 Å². The van der Waals surface area contributed by atoms with Crippen molar-refractivity contribution < 1.29 is 35.9 Å². The Labute approximate surface area is 518 Å². The van der Waals surface area contributed by atoms with E-state index in [2.05, 4.69) is 51.4 Å². The smallest absolute Gasteiger partial charge is 0.268 e. The molecule has 6 aromatic carbocycles. The van der Waals surface area contributed by atoms with Gasteiger partial charge in [0.1, 0.15) is 48.5 Å². The summed E-state index contributed by atoms with van der Waals surface area (Å²) in [5, 5.41) is 20.5. The molecule has 456 valence electrons. The van der Waals surface area contributed by atoms with Crippen LogP contribution in [0.3, 0.4) is 0 Å². The summed E-state index contributed by atoms with van der Waals surface area (Å²) in [4.78, 5) is 37.5. The molecule has 0 aliphatic carbocycles. The van der Waals surface area contributed by atoms with Crippen LogP contribution in [0.5, 0.6) is 0 Å². The molecule has 0 saturated carbocycles. The minimum Gasteiger partial charge on any atom is -0.361 e. The maximum atomic E-state index is 13.8. The monoisotopic (exact) mass is 1250 g/mol. The average molecular weight is 1250 g/mol. The Kier molecular flexibility index (Phi) is 18.4. The Hall–Kier alpha value is -8.09. The first-order chi connectivity index (χ1) is 41.4. The number of rotatable bonds is 20. The predicted octanol–water partition coefficient (Wildman–Crippen LogP) is 14.1. The summed E-state index contributed by atoms with van der Waals surface area (Å²) in [6, 6.07) is 37.9. The molecule has 10 aromatic rings. The molecule has 0 spiro atoms. The number of fused-ring (bicyclic) bond motifs is 4. The standard InChI is InChI=1S/2C34H38N4O4SSi/c1-22-8-11-27(12-9-22)43(40,41)38-15-14-28-31(23(2)18-24(3)33(28)38)32(25(4)39)34-36-29-19-26(20-35)10-13-30(29)37(34)21-42-16-17-44(5,6)7;1-22-8-11-27(12-9-22)43(40,41)38-15-14-28-31(23(2)18-24(3)33(28)38)32(25(4)39)34-36-29-13-10-26(20-35)19-30(29)37(34)21-42-16-17-44(5,6)7/h2*8-15,18-19,32H,16-17,21H2,1-7H3. The Bertz CT molecular complexity index is 4500. The third-order valence-electron chi connectivity index (χ3n) is 16.1. The number of hydrogen-bond donors (Lipinski definition) is 0. The minimum absolute atomic E-state index is 0.133. The predicted molar refractivity (Wildman–Crippen MR) is 353 cm³/mol. The Morgan fingerprint density at radius 1 is 0.511 bits per heavy atom. The van der Waals surface area contributed by atoms with Crippen molar-refractivity contribution in [3.63, 3.8) is 0 Å². The van der Waals surface area contributed by atoms with E-state index in [0.717, 1.165) is 51.0 Å². The molecule has 0 N–H and O–H groups in total. The van der Waals surface area contributed by atoms with Gasteiger partial charge in [0.25, 0.3) is 20.0 Å². The van der Waals surface area contributed by atoms with E-state index in [9.17, 15) is 36.9 Å². The van der Waals surface area contributed by atoms with Crippen LogP contribution in [0.4, 0.5) is 0 Å². The zero-order valence-electron chi connectivity index (χ0n) is 52.6. The summed E-state index contributed by atoms with van der Waals surface area (Å²) >= 11 is 0. The van der Waals surface area contributed by atoms with Gasteiger partial charge in [0.15, 0.2) is 0 Å². The van der Waals surface area contributed by atoms with Crippen molar-refractivity contribution in [3.05, 3.63) is 189 Å². The molecular formula is C68H76N8O8S2Si2.